The number of carbonyl (C=O) groups is 3. The van der Waals surface area contributed by atoms with Crippen LogP contribution in [0.25, 0.3) is 0 Å². The molecule has 4 saturated heterocycles. The van der Waals surface area contributed by atoms with Crippen LogP contribution in [-0.4, -0.2) is 231 Å². The molecule has 13 N–H and O–H groups in total. The molecule has 57 heavy (non-hydrogen) atoms. The molecular formula is C26H41NO28S2. The first-order valence-electron chi connectivity index (χ1n) is 16.3. The summed E-state index contributed by atoms with van der Waals surface area (Å²) in [6, 6.07) is -2.05. The molecule has 0 bridgehead atoms. The first kappa shape index (κ1) is 47.2. The maximum absolute atomic E-state index is 12.4. The molecule has 0 unspecified atom stereocenters. The minimum Gasteiger partial charge on any atom is -0.479 e. The molecule has 1 amide bonds. The molecule has 19 atom stereocenters. The smallest absolute Gasteiger partial charge is 0.397 e. The Hall–Kier alpha value is -2.45. The van der Waals surface area contributed by atoms with Gasteiger partial charge in [-0.1, -0.05) is 0 Å². The van der Waals surface area contributed by atoms with Crippen LogP contribution in [-0.2, 0) is 76.7 Å². The monoisotopic (exact) mass is 879 g/mol. The van der Waals surface area contributed by atoms with Crippen molar-refractivity contribution in [2.45, 2.75) is 123 Å². The lowest BCUT2D eigenvalue weighted by Gasteiger charge is -2.49. The molecule has 0 spiro atoms. The number of aliphatic hydroxyl groups excluding tert-OH is 8. The molecule has 0 aromatic carbocycles. The first-order chi connectivity index (χ1) is 26.4. The third-order valence-corrected chi connectivity index (χ3v) is 9.80. The quantitative estimate of drug-likeness (QED) is 0.0640. The van der Waals surface area contributed by atoms with E-state index in [1.807, 2.05) is 0 Å². The van der Waals surface area contributed by atoms with Gasteiger partial charge in [0.15, 0.2) is 37.2 Å². The highest BCUT2D eigenvalue weighted by molar-refractivity contribution is 7.81. The summed E-state index contributed by atoms with van der Waals surface area (Å²) in [5, 5.41) is 105. The summed E-state index contributed by atoms with van der Waals surface area (Å²) >= 11 is 0. The molecule has 4 fully saturated rings. The summed E-state index contributed by atoms with van der Waals surface area (Å²) < 4.78 is 111. The molecule has 29 nitrogen and oxygen atoms in total. The summed E-state index contributed by atoms with van der Waals surface area (Å²) in [5.74, 6) is -4.93. The van der Waals surface area contributed by atoms with Gasteiger partial charge in [-0.2, -0.15) is 16.8 Å². The third kappa shape index (κ3) is 11.2. The van der Waals surface area contributed by atoms with Gasteiger partial charge in [0.25, 0.3) is 0 Å². The Morgan fingerprint density at radius 1 is 0.579 bits per heavy atom. The van der Waals surface area contributed by atoms with Gasteiger partial charge in [0.2, 0.25) is 5.91 Å². The normalized spacial score (nSPS) is 43.0. The van der Waals surface area contributed by atoms with Gasteiger partial charge in [-0.15, -0.1) is 0 Å². The summed E-state index contributed by atoms with van der Waals surface area (Å²) in [4.78, 5) is 36.4. The van der Waals surface area contributed by atoms with Crippen molar-refractivity contribution in [1.29, 1.82) is 0 Å². The van der Waals surface area contributed by atoms with Crippen LogP contribution in [0.15, 0.2) is 0 Å². The molecule has 4 rings (SSSR count). The van der Waals surface area contributed by atoms with Crippen LogP contribution < -0.4 is 5.32 Å². The van der Waals surface area contributed by atoms with Crippen molar-refractivity contribution in [2.24, 2.45) is 0 Å². The van der Waals surface area contributed by atoms with Crippen molar-refractivity contribution in [3.05, 3.63) is 0 Å². The van der Waals surface area contributed by atoms with Gasteiger partial charge in [-0.25, -0.2) is 18.0 Å². The van der Waals surface area contributed by atoms with Crippen LogP contribution >= 0.6 is 0 Å². The predicted octanol–water partition coefficient (Wildman–Crippen LogP) is -9.08. The zero-order valence-corrected chi connectivity index (χ0v) is 30.4. The number of nitrogens with one attached hydrogen (secondary N) is 1. The van der Waals surface area contributed by atoms with E-state index in [0.717, 1.165) is 6.92 Å². The van der Waals surface area contributed by atoms with Gasteiger partial charge in [-0.3, -0.25) is 13.9 Å². The Morgan fingerprint density at radius 2 is 1.11 bits per heavy atom. The second-order valence-electron chi connectivity index (χ2n) is 12.8. The fourth-order valence-electron chi connectivity index (χ4n) is 6.32. The summed E-state index contributed by atoms with van der Waals surface area (Å²) in [7, 11) is -11.0. The van der Waals surface area contributed by atoms with Gasteiger partial charge in [0.1, 0.15) is 79.3 Å². The first-order valence-corrected chi connectivity index (χ1v) is 19.0. The van der Waals surface area contributed by atoms with E-state index in [0.29, 0.717) is 0 Å². The van der Waals surface area contributed by atoms with Gasteiger partial charge in [0, 0.05) is 6.92 Å². The molecular weight excluding hydrogens is 838 g/mol. The van der Waals surface area contributed by atoms with Crippen LogP contribution in [0.1, 0.15) is 6.92 Å². The Kier molecular flexibility index (Phi) is 15.6. The molecule has 31 heteroatoms. The zero-order chi connectivity index (χ0) is 42.9. The highest BCUT2D eigenvalue weighted by Gasteiger charge is 2.58. The fourth-order valence-corrected chi connectivity index (χ4v) is 7.11. The molecule has 0 aromatic heterocycles. The molecule has 4 aliphatic heterocycles. The second kappa shape index (κ2) is 18.9. The number of carbonyl (C=O) groups excluding carboxylic acids is 1. The van der Waals surface area contributed by atoms with E-state index in [1.54, 1.807) is 0 Å². The Labute approximate surface area is 320 Å². The van der Waals surface area contributed by atoms with Crippen molar-refractivity contribution in [3.8, 4) is 0 Å². The van der Waals surface area contributed by atoms with Crippen molar-refractivity contribution in [1.82, 2.24) is 5.32 Å². The van der Waals surface area contributed by atoms with Gasteiger partial charge in [0.05, 0.1) is 19.8 Å². The summed E-state index contributed by atoms with van der Waals surface area (Å²) in [5.41, 5.74) is 0. The predicted molar refractivity (Wildman–Crippen MR) is 166 cm³/mol. The lowest BCUT2D eigenvalue weighted by atomic mass is 9.94. The fraction of sp³-hybridized carbons (Fsp3) is 0.885. The van der Waals surface area contributed by atoms with Gasteiger partial charge >= 0.3 is 32.7 Å². The lowest BCUT2D eigenvalue weighted by Crippen LogP contribution is -2.70. The summed E-state index contributed by atoms with van der Waals surface area (Å²) in [6.07, 6.45) is -39.0. The maximum Gasteiger partial charge on any atom is 0.397 e. The van der Waals surface area contributed by atoms with Crippen LogP contribution in [0, 0.1) is 0 Å². The van der Waals surface area contributed by atoms with Crippen molar-refractivity contribution in [3.63, 3.8) is 0 Å². The van der Waals surface area contributed by atoms with E-state index in [2.05, 4.69) is 13.7 Å². The van der Waals surface area contributed by atoms with Crippen molar-refractivity contribution < 1.29 is 133 Å². The Morgan fingerprint density at radius 3 is 1.63 bits per heavy atom. The highest BCUT2D eigenvalue weighted by Crippen LogP contribution is 2.35. The minimum atomic E-state index is -5.58. The number of ether oxygens (including phenoxy) is 7. The minimum absolute atomic E-state index is 0.757. The van der Waals surface area contributed by atoms with E-state index in [-0.39, 0.29) is 0 Å². The molecule has 4 aliphatic rings. The SMILES string of the molecule is CC(=O)N[C@H]1[C@@H](O[C@H]2[C@H](O)[C@@H](O)[C@H](O[C@H]3[C@H](O)[C@@H](CO)O[C@H]3CO)O[C@@H]2C(=O)O)O[C@H](COS(=O)(=O)O)[C@@H](O[C@@H]2O[C@@H](C(=O)O)[C@@H](O)[C@H](O)[C@H]2OS(=O)(=O)O)[C@@H]1O. The number of carboxylic acids is 2. The zero-order valence-electron chi connectivity index (χ0n) is 28.8. The maximum atomic E-state index is 12.4. The van der Waals surface area contributed by atoms with E-state index in [9.17, 15) is 91.4 Å². The van der Waals surface area contributed by atoms with Crippen molar-refractivity contribution in [2.75, 3.05) is 19.8 Å². The van der Waals surface area contributed by atoms with Gasteiger partial charge < -0.3 is 89.5 Å². The average molecular weight is 880 g/mol. The van der Waals surface area contributed by atoms with Crippen LogP contribution in [0.3, 0.4) is 0 Å². The highest BCUT2D eigenvalue weighted by atomic mass is 32.3. The topological polar surface area (TPSA) is 457 Å². The molecule has 0 saturated carbocycles. The molecule has 330 valence electrons. The number of hydrogen-bond donors (Lipinski definition) is 13. The lowest BCUT2D eigenvalue weighted by molar-refractivity contribution is -0.363. The number of aliphatic carboxylic acids is 2. The van der Waals surface area contributed by atoms with E-state index in [4.69, 9.17) is 33.2 Å². The summed E-state index contributed by atoms with van der Waals surface area (Å²) in [6.45, 7) is -2.13. The molecule has 0 aromatic rings. The van der Waals surface area contributed by atoms with Crippen LogP contribution in [0.4, 0.5) is 0 Å². The number of amides is 1. The number of hydrogen-bond acceptors (Lipinski definition) is 24. The largest absolute Gasteiger partial charge is 0.479 e. The standard InChI is InChI=1S/C26H41NO28S2/c1-5(30)27-9-11(32)17(51-26-20(55-57(44,45)46)13(34)12(33)19(53-26)22(37)38)8(4-47-56(41,42)43)49-24(9)52-18-14(35)15(36)25(54-21(18)23(39)40)50-16-7(3-29)48-6(2-28)10(16)31/h6-21,24-26,28-29,31-36H,2-4H2,1H3,(H,27,30)(H,37,38)(H,39,40)(H,41,42,43)(H,44,45,46)/t6-,7+,8-,9-,10-,11-,12+,13+,14-,15-,16-,17-,18+,19-,20-,21+,24-,25-,26-/m1/s1. The van der Waals surface area contributed by atoms with Gasteiger partial charge in [-0.05, 0) is 0 Å². The average Bonchev–Trinajstić information content (AvgIpc) is 3.41. The van der Waals surface area contributed by atoms with Crippen LogP contribution in [0.2, 0.25) is 0 Å². The molecule has 0 aliphatic carbocycles. The van der Waals surface area contributed by atoms with Crippen molar-refractivity contribution >= 4 is 38.6 Å². The Balaban J connectivity index is 1.67. The molecule has 4 heterocycles. The second-order valence-corrected chi connectivity index (χ2v) is 15.0. The number of aliphatic hydroxyl groups is 8. The third-order valence-electron chi connectivity index (χ3n) is 8.90. The van der Waals surface area contributed by atoms with E-state index >= 15 is 0 Å². The van der Waals surface area contributed by atoms with Crippen LogP contribution in [0.5, 0.6) is 0 Å². The number of carboxylic acid groups (broad SMARTS) is 2. The van der Waals surface area contributed by atoms with E-state index in [1.165, 1.54) is 0 Å². The molecule has 0 radical (unpaired) electrons. The van der Waals surface area contributed by atoms with E-state index < -0.39 is 175 Å². The Bertz CT molecular complexity index is 1630. The number of rotatable bonds is 16.